The summed E-state index contributed by atoms with van der Waals surface area (Å²) in [5.74, 6) is 3.79. The van der Waals surface area contributed by atoms with E-state index in [4.69, 9.17) is 0 Å². The minimum absolute atomic E-state index is 0.0730. The van der Waals surface area contributed by atoms with Crippen LogP contribution in [0.4, 0.5) is 0 Å². The highest BCUT2D eigenvalue weighted by atomic mass is 16.2. The van der Waals surface area contributed by atoms with Crippen molar-refractivity contribution in [2.24, 2.45) is 23.7 Å². The summed E-state index contributed by atoms with van der Waals surface area (Å²) >= 11 is 0. The number of aryl methyl sites for hydroxylation is 3. The summed E-state index contributed by atoms with van der Waals surface area (Å²) in [7, 11) is 0. The Balaban J connectivity index is 1.28. The standard InChI is InChI=1S/C19H29N5O2/c1-11-8-15(11)19(26)23-9-14-4-5-17(16(14)10-23)21-18(25)6-7-24-13(3)20-12(2)22-24/h11,14-17H,4-10H2,1-3H3,(H,21,25)/t11-,14?,15-,16?,17?/m0/s1. The summed E-state index contributed by atoms with van der Waals surface area (Å²) in [6.45, 7) is 8.18. The van der Waals surface area contributed by atoms with Crippen LogP contribution in [0.25, 0.3) is 0 Å². The van der Waals surface area contributed by atoms with Crippen LogP contribution in [-0.4, -0.2) is 50.6 Å². The third-order valence-corrected chi connectivity index (χ3v) is 6.45. The summed E-state index contributed by atoms with van der Waals surface area (Å²) in [6, 6.07) is 0.209. The fourth-order valence-electron chi connectivity index (χ4n) is 4.78. The molecular formula is C19H29N5O2. The summed E-state index contributed by atoms with van der Waals surface area (Å²) < 4.78 is 1.79. The molecule has 2 amide bonds. The lowest BCUT2D eigenvalue weighted by molar-refractivity contribution is -0.132. The predicted molar refractivity (Wildman–Crippen MR) is 96.1 cm³/mol. The molecule has 3 fully saturated rings. The maximum absolute atomic E-state index is 12.5. The van der Waals surface area contributed by atoms with Crippen molar-refractivity contribution >= 4 is 11.8 Å². The Labute approximate surface area is 154 Å². The minimum Gasteiger partial charge on any atom is -0.353 e. The van der Waals surface area contributed by atoms with Crippen molar-refractivity contribution < 1.29 is 9.59 Å². The van der Waals surface area contributed by atoms with Crippen molar-refractivity contribution in [3.63, 3.8) is 0 Å². The largest absolute Gasteiger partial charge is 0.353 e. The Morgan fingerprint density at radius 3 is 2.65 bits per heavy atom. The number of carbonyl (C=O) groups is 2. The van der Waals surface area contributed by atoms with Gasteiger partial charge in [-0.1, -0.05) is 6.92 Å². The van der Waals surface area contributed by atoms with Gasteiger partial charge in [0.1, 0.15) is 11.6 Å². The summed E-state index contributed by atoms with van der Waals surface area (Å²) in [6.07, 6.45) is 3.61. The van der Waals surface area contributed by atoms with Gasteiger partial charge in [0.25, 0.3) is 0 Å². The fraction of sp³-hybridized carbons (Fsp3) is 0.789. The van der Waals surface area contributed by atoms with Crippen LogP contribution < -0.4 is 5.32 Å². The molecule has 1 aromatic rings. The molecule has 1 aromatic heterocycles. The van der Waals surface area contributed by atoms with Crippen molar-refractivity contribution in [3.05, 3.63) is 11.6 Å². The van der Waals surface area contributed by atoms with Gasteiger partial charge in [-0.05, 0) is 44.9 Å². The molecule has 1 N–H and O–H groups in total. The van der Waals surface area contributed by atoms with Gasteiger partial charge in [-0.25, -0.2) is 9.67 Å². The minimum atomic E-state index is 0.0730. The number of likely N-dealkylation sites (tertiary alicyclic amines) is 1. The highest BCUT2D eigenvalue weighted by Gasteiger charge is 2.48. The lowest BCUT2D eigenvalue weighted by Gasteiger charge is -2.22. The van der Waals surface area contributed by atoms with Gasteiger partial charge in [0.15, 0.2) is 0 Å². The molecule has 7 nitrogen and oxygen atoms in total. The van der Waals surface area contributed by atoms with Gasteiger partial charge in [0, 0.05) is 37.4 Å². The van der Waals surface area contributed by atoms with E-state index in [-0.39, 0.29) is 17.9 Å². The summed E-state index contributed by atoms with van der Waals surface area (Å²) in [5.41, 5.74) is 0. The van der Waals surface area contributed by atoms with Crippen LogP contribution in [0.15, 0.2) is 0 Å². The summed E-state index contributed by atoms with van der Waals surface area (Å²) in [4.78, 5) is 31.2. The Hall–Kier alpha value is -1.92. The molecule has 2 aliphatic carbocycles. The van der Waals surface area contributed by atoms with E-state index in [2.05, 4.69) is 27.2 Å². The molecule has 3 unspecified atom stereocenters. The number of hydrogen-bond donors (Lipinski definition) is 1. The molecule has 5 atom stereocenters. The average Bonchev–Trinajstić information content (AvgIpc) is 2.92. The number of nitrogens with zero attached hydrogens (tertiary/aromatic N) is 4. The van der Waals surface area contributed by atoms with Gasteiger partial charge >= 0.3 is 0 Å². The van der Waals surface area contributed by atoms with Crippen LogP contribution in [0.5, 0.6) is 0 Å². The zero-order valence-corrected chi connectivity index (χ0v) is 15.9. The van der Waals surface area contributed by atoms with Crippen molar-refractivity contribution in [1.29, 1.82) is 0 Å². The number of nitrogens with one attached hydrogen (secondary N) is 1. The second-order valence-electron chi connectivity index (χ2n) is 8.42. The van der Waals surface area contributed by atoms with E-state index in [1.807, 2.05) is 13.8 Å². The second-order valence-corrected chi connectivity index (χ2v) is 8.42. The van der Waals surface area contributed by atoms with E-state index in [9.17, 15) is 9.59 Å². The highest BCUT2D eigenvalue weighted by Crippen LogP contribution is 2.43. The fourth-order valence-corrected chi connectivity index (χ4v) is 4.78. The molecule has 2 heterocycles. The zero-order chi connectivity index (χ0) is 18.4. The SMILES string of the molecule is Cc1nc(C)n(CCC(=O)NC2CCC3CN(C(=O)[C@H]4C[C@@H]4C)CC32)n1. The van der Waals surface area contributed by atoms with Gasteiger partial charge in [-0.2, -0.15) is 5.10 Å². The van der Waals surface area contributed by atoms with Crippen molar-refractivity contribution in [3.8, 4) is 0 Å². The number of carbonyl (C=O) groups excluding carboxylic acids is 2. The number of aromatic nitrogens is 3. The zero-order valence-electron chi connectivity index (χ0n) is 15.9. The van der Waals surface area contributed by atoms with E-state index in [1.54, 1.807) is 4.68 Å². The lowest BCUT2D eigenvalue weighted by atomic mass is 9.98. The van der Waals surface area contributed by atoms with Crippen molar-refractivity contribution in [2.75, 3.05) is 13.1 Å². The topological polar surface area (TPSA) is 80.1 Å². The molecule has 0 aromatic carbocycles. The Bertz CT molecular complexity index is 715. The molecule has 4 rings (SSSR count). The molecule has 2 saturated carbocycles. The Morgan fingerprint density at radius 1 is 1.23 bits per heavy atom. The molecular weight excluding hydrogens is 330 g/mol. The molecule has 7 heteroatoms. The number of fused-ring (bicyclic) bond motifs is 1. The van der Waals surface area contributed by atoms with E-state index in [1.165, 1.54) is 0 Å². The van der Waals surface area contributed by atoms with Crippen molar-refractivity contribution in [1.82, 2.24) is 25.0 Å². The van der Waals surface area contributed by atoms with Gasteiger partial charge < -0.3 is 10.2 Å². The molecule has 26 heavy (non-hydrogen) atoms. The van der Waals surface area contributed by atoms with Crippen LogP contribution in [-0.2, 0) is 16.1 Å². The van der Waals surface area contributed by atoms with Crippen LogP contribution in [0, 0.1) is 37.5 Å². The molecule has 1 aliphatic heterocycles. The van der Waals surface area contributed by atoms with E-state index in [0.717, 1.165) is 44.0 Å². The Kier molecular flexibility index (Phi) is 4.49. The maximum Gasteiger partial charge on any atom is 0.225 e. The quantitative estimate of drug-likeness (QED) is 0.859. The van der Waals surface area contributed by atoms with Crippen LogP contribution in [0.3, 0.4) is 0 Å². The third kappa shape index (κ3) is 3.35. The summed E-state index contributed by atoms with van der Waals surface area (Å²) in [5, 5.41) is 7.53. The number of amides is 2. The first-order valence-electron chi connectivity index (χ1n) is 9.88. The number of hydrogen-bond acceptors (Lipinski definition) is 4. The van der Waals surface area contributed by atoms with E-state index >= 15 is 0 Å². The molecule has 0 radical (unpaired) electrons. The van der Waals surface area contributed by atoms with Crippen LogP contribution >= 0.6 is 0 Å². The van der Waals surface area contributed by atoms with Crippen molar-refractivity contribution in [2.45, 2.75) is 59.0 Å². The van der Waals surface area contributed by atoms with E-state index < -0.39 is 0 Å². The molecule has 3 aliphatic rings. The molecule has 1 saturated heterocycles. The smallest absolute Gasteiger partial charge is 0.225 e. The average molecular weight is 359 g/mol. The Morgan fingerprint density at radius 2 is 2.00 bits per heavy atom. The second kappa shape index (κ2) is 6.67. The first kappa shape index (κ1) is 17.5. The first-order chi connectivity index (χ1) is 12.4. The highest BCUT2D eigenvalue weighted by molar-refractivity contribution is 5.82. The monoisotopic (exact) mass is 359 g/mol. The number of rotatable bonds is 5. The van der Waals surface area contributed by atoms with Crippen LogP contribution in [0.1, 0.15) is 44.3 Å². The molecule has 0 spiro atoms. The lowest BCUT2D eigenvalue weighted by Crippen LogP contribution is -2.40. The predicted octanol–water partition coefficient (Wildman–Crippen LogP) is 1.29. The van der Waals surface area contributed by atoms with Crippen LogP contribution in [0.2, 0.25) is 0 Å². The maximum atomic E-state index is 12.5. The van der Waals surface area contributed by atoms with Gasteiger partial charge in [0.05, 0.1) is 6.54 Å². The van der Waals surface area contributed by atoms with Gasteiger partial charge in [-0.15, -0.1) is 0 Å². The molecule has 142 valence electrons. The first-order valence-corrected chi connectivity index (χ1v) is 9.88. The molecule has 0 bridgehead atoms. The van der Waals surface area contributed by atoms with E-state index in [0.29, 0.717) is 36.6 Å². The van der Waals surface area contributed by atoms with Gasteiger partial charge in [0.2, 0.25) is 11.8 Å². The third-order valence-electron chi connectivity index (χ3n) is 6.45. The van der Waals surface area contributed by atoms with Gasteiger partial charge in [-0.3, -0.25) is 9.59 Å². The normalized spacial score (nSPS) is 32.6.